The quantitative estimate of drug-likeness (QED) is 0.834. The van der Waals surface area contributed by atoms with Gasteiger partial charge in [-0.25, -0.2) is 4.39 Å². The fourth-order valence-electron chi connectivity index (χ4n) is 1.23. The monoisotopic (exact) mass is 229 g/mol. The third kappa shape index (κ3) is 4.10. The standard InChI is InChI=1S/C11H16FNOS/c1-9(6-13)7-15(14)8-10-4-2-3-5-11(10)12/h2-5,9H,6-8,13H2,1H3. The van der Waals surface area contributed by atoms with Crippen molar-refractivity contribution in [3.05, 3.63) is 35.6 Å². The van der Waals surface area contributed by atoms with E-state index in [0.717, 1.165) is 0 Å². The smallest absolute Gasteiger partial charge is 0.127 e. The molecule has 15 heavy (non-hydrogen) atoms. The number of hydrogen-bond donors (Lipinski definition) is 1. The van der Waals surface area contributed by atoms with Crippen molar-refractivity contribution in [3.8, 4) is 0 Å². The highest BCUT2D eigenvalue weighted by Gasteiger charge is 2.09. The van der Waals surface area contributed by atoms with Gasteiger partial charge in [-0.1, -0.05) is 25.1 Å². The lowest BCUT2D eigenvalue weighted by molar-refractivity contribution is 0.612. The Kier molecular flexibility index (Phi) is 4.91. The van der Waals surface area contributed by atoms with Crippen LogP contribution >= 0.6 is 0 Å². The largest absolute Gasteiger partial charge is 0.330 e. The predicted molar refractivity (Wildman–Crippen MR) is 61.3 cm³/mol. The fourth-order valence-corrected chi connectivity index (χ4v) is 2.70. The van der Waals surface area contributed by atoms with E-state index in [9.17, 15) is 8.60 Å². The minimum Gasteiger partial charge on any atom is -0.330 e. The second kappa shape index (κ2) is 5.98. The van der Waals surface area contributed by atoms with E-state index in [1.54, 1.807) is 18.2 Å². The van der Waals surface area contributed by atoms with Crippen LogP contribution < -0.4 is 5.73 Å². The highest BCUT2D eigenvalue weighted by atomic mass is 32.2. The lowest BCUT2D eigenvalue weighted by Crippen LogP contribution is -2.18. The Labute approximate surface area is 92.1 Å². The first-order chi connectivity index (χ1) is 7.13. The predicted octanol–water partition coefficient (Wildman–Crippen LogP) is 1.67. The van der Waals surface area contributed by atoms with Crippen molar-refractivity contribution < 1.29 is 8.60 Å². The average Bonchev–Trinajstić information content (AvgIpc) is 2.21. The molecule has 84 valence electrons. The normalized spacial score (nSPS) is 14.9. The molecule has 0 aromatic heterocycles. The van der Waals surface area contributed by atoms with Gasteiger partial charge >= 0.3 is 0 Å². The molecule has 0 saturated heterocycles. The zero-order valence-electron chi connectivity index (χ0n) is 8.78. The molecule has 0 heterocycles. The summed E-state index contributed by atoms with van der Waals surface area (Å²) in [6, 6.07) is 6.44. The number of hydrogen-bond acceptors (Lipinski definition) is 2. The van der Waals surface area contributed by atoms with Crippen LogP contribution in [0.1, 0.15) is 12.5 Å². The zero-order chi connectivity index (χ0) is 11.3. The molecule has 2 unspecified atom stereocenters. The van der Waals surface area contributed by atoms with Crippen LogP contribution in [0.5, 0.6) is 0 Å². The van der Waals surface area contributed by atoms with Crippen molar-refractivity contribution in [2.45, 2.75) is 12.7 Å². The molecule has 0 spiro atoms. The van der Waals surface area contributed by atoms with Crippen LogP contribution in [0.3, 0.4) is 0 Å². The second-order valence-corrected chi connectivity index (χ2v) is 5.18. The lowest BCUT2D eigenvalue weighted by Gasteiger charge is -2.08. The van der Waals surface area contributed by atoms with Gasteiger partial charge in [-0.05, 0) is 18.5 Å². The van der Waals surface area contributed by atoms with Crippen LogP contribution in [0, 0.1) is 11.7 Å². The summed E-state index contributed by atoms with van der Waals surface area (Å²) in [4.78, 5) is 0. The highest BCUT2D eigenvalue weighted by Crippen LogP contribution is 2.10. The van der Waals surface area contributed by atoms with Crippen molar-refractivity contribution in [2.75, 3.05) is 12.3 Å². The number of rotatable bonds is 5. The minimum atomic E-state index is -1.03. The van der Waals surface area contributed by atoms with Gasteiger partial charge in [0.25, 0.3) is 0 Å². The van der Waals surface area contributed by atoms with Crippen LogP contribution in [0.2, 0.25) is 0 Å². The molecule has 0 aliphatic rings. The Balaban J connectivity index is 2.55. The van der Waals surface area contributed by atoms with E-state index in [4.69, 9.17) is 5.73 Å². The van der Waals surface area contributed by atoms with E-state index in [0.29, 0.717) is 17.9 Å². The maximum Gasteiger partial charge on any atom is 0.127 e. The average molecular weight is 229 g/mol. The summed E-state index contributed by atoms with van der Waals surface area (Å²) >= 11 is 0. The van der Waals surface area contributed by atoms with Crippen molar-refractivity contribution >= 4 is 10.8 Å². The molecule has 0 fully saturated rings. The summed E-state index contributed by atoms with van der Waals surface area (Å²) in [7, 11) is -1.03. The maximum absolute atomic E-state index is 13.2. The molecule has 0 radical (unpaired) electrons. The molecule has 0 aliphatic heterocycles. The Morgan fingerprint density at radius 3 is 2.73 bits per heavy atom. The molecule has 2 N–H and O–H groups in total. The summed E-state index contributed by atoms with van der Waals surface area (Å²) in [5.41, 5.74) is 5.95. The molecule has 1 rings (SSSR count). The molecule has 1 aromatic carbocycles. The third-order valence-electron chi connectivity index (χ3n) is 2.15. The minimum absolute atomic E-state index is 0.220. The first-order valence-electron chi connectivity index (χ1n) is 4.92. The molecule has 0 amide bonds. The number of benzene rings is 1. The first kappa shape index (κ1) is 12.3. The SMILES string of the molecule is CC(CN)CS(=O)Cc1ccccc1F. The van der Waals surface area contributed by atoms with Gasteiger partial charge in [0.1, 0.15) is 5.82 Å². The summed E-state index contributed by atoms with van der Waals surface area (Å²) in [5, 5.41) is 0. The molecule has 2 atom stereocenters. The lowest BCUT2D eigenvalue weighted by atomic mass is 10.2. The Morgan fingerprint density at radius 1 is 1.47 bits per heavy atom. The fraction of sp³-hybridized carbons (Fsp3) is 0.455. The van der Waals surface area contributed by atoms with Crippen LogP contribution in [-0.4, -0.2) is 16.5 Å². The van der Waals surface area contributed by atoms with Crippen molar-refractivity contribution in [2.24, 2.45) is 11.7 Å². The molecule has 4 heteroatoms. The second-order valence-electron chi connectivity index (χ2n) is 3.68. The molecule has 0 saturated carbocycles. The summed E-state index contributed by atoms with van der Waals surface area (Å²) in [5.74, 6) is 0.742. The Bertz CT molecular complexity index is 343. The zero-order valence-corrected chi connectivity index (χ0v) is 9.60. The molecule has 2 nitrogen and oxygen atoms in total. The van der Waals surface area contributed by atoms with Gasteiger partial charge < -0.3 is 5.73 Å². The van der Waals surface area contributed by atoms with Gasteiger partial charge in [-0.3, -0.25) is 4.21 Å². The van der Waals surface area contributed by atoms with E-state index in [1.807, 2.05) is 6.92 Å². The van der Waals surface area contributed by atoms with E-state index >= 15 is 0 Å². The van der Waals surface area contributed by atoms with Gasteiger partial charge in [0, 0.05) is 22.1 Å². The third-order valence-corrected chi connectivity index (χ3v) is 3.72. The van der Waals surface area contributed by atoms with Crippen LogP contribution in [0.4, 0.5) is 4.39 Å². The van der Waals surface area contributed by atoms with E-state index in [1.165, 1.54) is 6.07 Å². The van der Waals surface area contributed by atoms with Crippen molar-refractivity contribution in [3.63, 3.8) is 0 Å². The number of nitrogens with two attached hydrogens (primary N) is 1. The summed E-state index contributed by atoms with van der Waals surface area (Å²) in [6.45, 7) is 2.46. The molecular formula is C11H16FNOS. The molecule has 1 aromatic rings. The topological polar surface area (TPSA) is 43.1 Å². The van der Waals surface area contributed by atoms with Gasteiger partial charge in [-0.2, -0.15) is 0 Å². The Morgan fingerprint density at radius 2 is 2.13 bits per heavy atom. The van der Waals surface area contributed by atoms with Crippen molar-refractivity contribution in [1.29, 1.82) is 0 Å². The van der Waals surface area contributed by atoms with Gasteiger partial charge in [0.2, 0.25) is 0 Å². The van der Waals surface area contributed by atoms with Crippen molar-refractivity contribution in [1.82, 2.24) is 0 Å². The van der Waals surface area contributed by atoms with Gasteiger partial charge in [-0.15, -0.1) is 0 Å². The highest BCUT2D eigenvalue weighted by molar-refractivity contribution is 7.84. The van der Waals surface area contributed by atoms with E-state index in [2.05, 4.69) is 0 Å². The molecule has 0 aliphatic carbocycles. The number of halogens is 1. The van der Waals surface area contributed by atoms with E-state index < -0.39 is 10.8 Å². The van der Waals surface area contributed by atoms with Gasteiger partial charge in [0.05, 0.1) is 5.75 Å². The Hall–Kier alpha value is -0.740. The summed E-state index contributed by atoms with van der Waals surface area (Å²) in [6.07, 6.45) is 0. The van der Waals surface area contributed by atoms with Crippen LogP contribution in [-0.2, 0) is 16.6 Å². The molecular weight excluding hydrogens is 213 g/mol. The van der Waals surface area contributed by atoms with Crippen LogP contribution in [0.15, 0.2) is 24.3 Å². The van der Waals surface area contributed by atoms with Crippen LogP contribution in [0.25, 0.3) is 0 Å². The van der Waals surface area contributed by atoms with Gasteiger partial charge in [0.15, 0.2) is 0 Å². The summed E-state index contributed by atoms with van der Waals surface area (Å²) < 4.78 is 24.8. The molecule has 0 bridgehead atoms. The first-order valence-corrected chi connectivity index (χ1v) is 6.40. The van der Waals surface area contributed by atoms with E-state index in [-0.39, 0.29) is 17.5 Å². The maximum atomic E-state index is 13.2.